The van der Waals surface area contributed by atoms with E-state index in [4.69, 9.17) is 0 Å². The summed E-state index contributed by atoms with van der Waals surface area (Å²) in [5.74, 6) is -0.767. The van der Waals surface area contributed by atoms with Crippen LogP contribution in [0.4, 0.5) is 0 Å². The van der Waals surface area contributed by atoms with Crippen molar-refractivity contribution in [1.29, 1.82) is 0 Å². The van der Waals surface area contributed by atoms with E-state index < -0.39 is 16.8 Å². The lowest BCUT2D eigenvalue weighted by molar-refractivity contribution is -0.133. The molecule has 174 valence electrons. The maximum Gasteiger partial charge on any atom is 0.256 e. The molecule has 0 aromatic heterocycles. The van der Waals surface area contributed by atoms with Crippen LogP contribution in [0.3, 0.4) is 0 Å². The van der Waals surface area contributed by atoms with Crippen molar-refractivity contribution in [3.63, 3.8) is 0 Å². The van der Waals surface area contributed by atoms with E-state index in [2.05, 4.69) is 10.6 Å². The highest BCUT2D eigenvalue weighted by Crippen LogP contribution is 2.56. The van der Waals surface area contributed by atoms with Crippen LogP contribution in [0.25, 0.3) is 0 Å². The highest BCUT2D eigenvalue weighted by atomic mass is 32.2. The molecule has 4 atom stereocenters. The molecule has 0 saturated carbocycles. The summed E-state index contributed by atoms with van der Waals surface area (Å²) in [7, 11) is 0. The van der Waals surface area contributed by atoms with Crippen LogP contribution >= 0.6 is 11.8 Å². The van der Waals surface area contributed by atoms with Gasteiger partial charge in [-0.15, -0.1) is 11.8 Å². The molecule has 7 heteroatoms. The Balaban J connectivity index is 1.53. The van der Waals surface area contributed by atoms with Crippen molar-refractivity contribution < 1.29 is 14.4 Å². The third-order valence-corrected chi connectivity index (χ3v) is 7.99. The zero-order valence-corrected chi connectivity index (χ0v) is 20.5. The molecule has 2 N–H and O–H groups in total. The van der Waals surface area contributed by atoms with Gasteiger partial charge in [-0.3, -0.25) is 14.4 Å². The zero-order chi connectivity index (χ0) is 23.9. The highest BCUT2D eigenvalue weighted by Gasteiger charge is 2.57. The van der Waals surface area contributed by atoms with Crippen LogP contribution in [0.15, 0.2) is 54.6 Å². The third-order valence-electron chi connectivity index (χ3n) is 6.45. The maximum absolute atomic E-state index is 13.6. The number of nitrogens with one attached hydrogen (secondary N) is 2. The van der Waals surface area contributed by atoms with E-state index in [-0.39, 0.29) is 35.1 Å². The summed E-state index contributed by atoms with van der Waals surface area (Å²) in [4.78, 5) is 41.6. The van der Waals surface area contributed by atoms with Crippen LogP contribution in [-0.2, 0) is 9.59 Å². The second-order valence-electron chi connectivity index (χ2n) is 9.65. The summed E-state index contributed by atoms with van der Waals surface area (Å²) in [6.45, 7) is 9.71. The number of rotatable bonds is 6. The molecule has 0 unspecified atom stereocenters. The fraction of sp³-hybridized carbons (Fsp3) is 0.423. The molecular weight excluding hydrogens is 434 g/mol. The van der Waals surface area contributed by atoms with Crippen LogP contribution < -0.4 is 10.6 Å². The number of carbonyl (C=O) groups excluding carboxylic acids is 3. The maximum atomic E-state index is 13.6. The van der Waals surface area contributed by atoms with Gasteiger partial charge in [-0.05, 0) is 43.9 Å². The topological polar surface area (TPSA) is 78.5 Å². The van der Waals surface area contributed by atoms with Gasteiger partial charge in [0.25, 0.3) is 5.91 Å². The van der Waals surface area contributed by atoms with Gasteiger partial charge in [-0.1, -0.05) is 62.4 Å². The van der Waals surface area contributed by atoms with Gasteiger partial charge in [0.15, 0.2) is 0 Å². The number of hydrogen-bond donors (Lipinski definition) is 2. The standard InChI is InChI=1S/C26H31N3O3S/c1-15(2)20(22(30)27-16(3)17-11-7-6-8-12-17)28-23(31)21-26(4,5)33-25-19-14-10-9-13-18(19)24(32)29(21)25/h6-16,20-21,25H,1-5H3,(H,27,30)(H,28,31)/t16-,20-,21+,25+/m0/s1. The van der Waals surface area contributed by atoms with Gasteiger partial charge in [-0.2, -0.15) is 0 Å². The van der Waals surface area contributed by atoms with E-state index in [0.29, 0.717) is 5.56 Å². The average Bonchev–Trinajstić information content (AvgIpc) is 3.21. The molecule has 4 rings (SSSR count). The minimum absolute atomic E-state index is 0.114. The van der Waals surface area contributed by atoms with E-state index in [0.717, 1.165) is 11.1 Å². The highest BCUT2D eigenvalue weighted by molar-refractivity contribution is 8.01. The molecule has 2 aromatic rings. The lowest BCUT2D eigenvalue weighted by Crippen LogP contribution is -2.58. The minimum atomic E-state index is -0.705. The lowest BCUT2D eigenvalue weighted by Gasteiger charge is -2.32. The number of benzene rings is 2. The second kappa shape index (κ2) is 8.86. The van der Waals surface area contributed by atoms with Crippen molar-refractivity contribution in [2.24, 2.45) is 5.92 Å². The SMILES string of the molecule is CC(C)[C@H](NC(=O)[C@H]1N2C(=O)c3ccccc3[C@H]2SC1(C)C)C(=O)N[C@@H](C)c1ccccc1. The molecule has 2 aliphatic rings. The van der Waals surface area contributed by atoms with E-state index >= 15 is 0 Å². The summed E-state index contributed by atoms with van der Waals surface area (Å²) in [5.41, 5.74) is 2.60. The van der Waals surface area contributed by atoms with Gasteiger partial charge in [-0.25, -0.2) is 0 Å². The van der Waals surface area contributed by atoms with Crippen molar-refractivity contribution in [2.75, 3.05) is 0 Å². The normalized spacial score (nSPS) is 22.5. The van der Waals surface area contributed by atoms with Crippen molar-refractivity contribution in [1.82, 2.24) is 15.5 Å². The first-order chi connectivity index (χ1) is 15.6. The molecule has 2 aliphatic heterocycles. The third kappa shape index (κ3) is 4.26. The van der Waals surface area contributed by atoms with Gasteiger partial charge in [0.05, 0.1) is 6.04 Å². The summed E-state index contributed by atoms with van der Waals surface area (Å²) < 4.78 is -0.493. The fourth-order valence-corrected chi connectivity index (χ4v) is 6.29. The summed E-state index contributed by atoms with van der Waals surface area (Å²) in [5, 5.41) is 5.81. The first kappa shape index (κ1) is 23.4. The first-order valence-corrected chi connectivity index (χ1v) is 12.2. The molecule has 0 bridgehead atoms. The molecule has 0 radical (unpaired) electrons. The van der Waals surface area contributed by atoms with Crippen LogP contribution in [0, 0.1) is 5.92 Å². The van der Waals surface area contributed by atoms with Crippen LogP contribution in [-0.4, -0.2) is 39.5 Å². The zero-order valence-electron chi connectivity index (χ0n) is 19.7. The molecule has 2 aromatic carbocycles. The Kier molecular flexibility index (Phi) is 6.27. The summed E-state index contributed by atoms with van der Waals surface area (Å²) in [6, 6.07) is 15.7. The van der Waals surface area contributed by atoms with Crippen molar-refractivity contribution >= 4 is 29.5 Å². The number of fused-ring (bicyclic) bond motifs is 3. The second-order valence-corrected chi connectivity index (χ2v) is 11.4. The Morgan fingerprint density at radius 3 is 2.27 bits per heavy atom. The number of carbonyl (C=O) groups is 3. The monoisotopic (exact) mass is 465 g/mol. The Bertz CT molecular complexity index is 1070. The molecule has 6 nitrogen and oxygen atoms in total. The number of nitrogens with zero attached hydrogens (tertiary/aromatic N) is 1. The number of thioether (sulfide) groups is 1. The van der Waals surface area contributed by atoms with Gasteiger partial charge < -0.3 is 15.5 Å². The van der Waals surface area contributed by atoms with E-state index in [1.807, 2.05) is 89.2 Å². The number of hydrogen-bond acceptors (Lipinski definition) is 4. The van der Waals surface area contributed by atoms with E-state index in [9.17, 15) is 14.4 Å². The van der Waals surface area contributed by atoms with Crippen LogP contribution in [0.1, 0.15) is 67.5 Å². The van der Waals surface area contributed by atoms with Crippen molar-refractivity contribution in [3.8, 4) is 0 Å². The van der Waals surface area contributed by atoms with Crippen LogP contribution in [0.5, 0.6) is 0 Å². The van der Waals surface area contributed by atoms with Gasteiger partial charge in [0.1, 0.15) is 17.5 Å². The molecule has 2 heterocycles. The molecule has 1 saturated heterocycles. The molecule has 1 fully saturated rings. The smallest absolute Gasteiger partial charge is 0.256 e. The predicted octanol–water partition coefficient (Wildman–Crippen LogP) is 4.05. The quantitative estimate of drug-likeness (QED) is 0.675. The minimum Gasteiger partial charge on any atom is -0.348 e. The Morgan fingerprint density at radius 1 is 0.970 bits per heavy atom. The van der Waals surface area contributed by atoms with Gasteiger partial charge in [0.2, 0.25) is 11.8 Å². The van der Waals surface area contributed by atoms with Crippen molar-refractivity contribution in [2.45, 2.75) is 62.9 Å². The number of amides is 3. The Hall–Kier alpha value is -2.80. The van der Waals surface area contributed by atoms with Gasteiger partial charge in [0, 0.05) is 10.3 Å². The Labute approximate surface area is 199 Å². The molecule has 33 heavy (non-hydrogen) atoms. The van der Waals surface area contributed by atoms with Gasteiger partial charge >= 0.3 is 0 Å². The molecular formula is C26H31N3O3S. The summed E-state index contributed by atoms with van der Waals surface area (Å²) in [6.07, 6.45) is 0. The predicted molar refractivity (Wildman–Crippen MR) is 131 cm³/mol. The Morgan fingerprint density at radius 2 is 1.61 bits per heavy atom. The molecule has 3 amide bonds. The summed E-state index contributed by atoms with van der Waals surface area (Å²) >= 11 is 1.62. The lowest BCUT2D eigenvalue weighted by atomic mass is 9.97. The van der Waals surface area contributed by atoms with Crippen LogP contribution in [0.2, 0.25) is 0 Å². The molecule has 0 aliphatic carbocycles. The molecule has 0 spiro atoms. The van der Waals surface area contributed by atoms with E-state index in [1.165, 1.54) is 0 Å². The fourth-order valence-electron chi connectivity index (χ4n) is 4.70. The average molecular weight is 466 g/mol. The van der Waals surface area contributed by atoms with E-state index in [1.54, 1.807) is 16.7 Å². The van der Waals surface area contributed by atoms with Crippen molar-refractivity contribution in [3.05, 3.63) is 71.3 Å². The first-order valence-electron chi connectivity index (χ1n) is 11.4. The largest absolute Gasteiger partial charge is 0.348 e.